The molecule has 1 aliphatic heterocycles. The van der Waals surface area contributed by atoms with Crippen molar-refractivity contribution >= 4 is 35.0 Å². The molecule has 4 rings (SSSR count). The van der Waals surface area contributed by atoms with Crippen LogP contribution < -0.4 is 5.32 Å². The smallest absolute Gasteiger partial charge is 0.337 e. The minimum absolute atomic E-state index is 0.0232. The van der Waals surface area contributed by atoms with Crippen molar-refractivity contribution < 1.29 is 14.3 Å². The topological polar surface area (TPSA) is 55.4 Å². The van der Waals surface area contributed by atoms with Crippen molar-refractivity contribution in [1.82, 2.24) is 5.32 Å². The van der Waals surface area contributed by atoms with Gasteiger partial charge in [-0.3, -0.25) is 4.79 Å². The average molecular weight is 484 g/mol. The summed E-state index contributed by atoms with van der Waals surface area (Å²) < 4.78 is 5.69. The van der Waals surface area contributed by atoms with Gasteiger partial charge in [-0.2, -0.15) is 0 Å². The zero-order valence-electron chi connectivity index (χ0n) is 19.0. The molecule has 0 radical (unpaired) electrons. The van der Waals surface area contributed by atoms with Crippen LogP contribution in [0.15, 0.2) is 71.1 Å². The zero-order chi connectivity index (χ0) is 23.7. The van der Waals surface area contributed by atoms with Crippen molar-refractivity contribution in [2.75, 3.05) is 0 Å². The number of benzene rings is 2. The van der Waals surface area contributed by atoms with Gasteiger partial charge in [0.15, 0.2) is 5.78 Å². The maximum atomic E-state index is 13.6. The Hall–Kier alpha value is -2.56. The van der Waals surface area contributed by atoms with Gasteiger partial charge in [0.05, 0.1) is 11.7 Å². The number of nitrogens with one attached hydrogen (secondary N) is 1. The summed E-state index contributed by atoms with van der Waals surface area (Å²) in [6.45, 7) is 5.70. The van der Waals surface area contributed by atoms with Gasteiger partial charge in [0.1, 0.15) is 0 Å². The minimum atomic E-state index is -0.518. The minimum Gasteiger partial charge on any atom is -0.459 e. The van der Waals surface area contributed by atoms with Crippen molar-refractivity contribution in [2.45, 2.75) is 58.0 Å². The Bertz CT molecular complexity index is 1150. The third-order valence-electron chi connectivity index (χ3n) is 6.45. The highest BCUT2D eigenvalue weighted by Crippen LogP contribution is 2.46. The molecule has 1 aliphatic carbocycles. The van der Waals surface area contributed by atoms with Gasteiger partial charge in [-0.25, -0.2) is 4.79 Å². The quantitative estimate of drug-likeness (QED) is 0.480. The normalized spacial score (nSPS) is 21.4. The number of hydrogen-bond donors (Lipinski definition) is 1. The Labute approximate surface area is 204 Å². The number of hydrogen-bond acceptors (Lipinski definition) is 4. The number of carbonyl (C=O) groups is 2. The van der Waals surface area contributed by atoms with Crippen LogP contribution in [0.2, 0.25) is 10.0 Å². The summed E-state index contributed by atoms with van der Waals surface area (Å²) in [6, 6.07) is 15.0. The highest BCUT2D eigenvalue weighted by Gasteiger charge is 2.41. The first-order valence-electron chi connectivity index (χ1n) is 11.2. The lowest BCUT2D eigenvalue weighted by molar-refractivity contribution is -0.144. The van der Waals surface area contributed by atoms with Crippen molar-refractivity contribution in [1.29, 1.82) is 0 Å². The lowest BCUT2D eigenvalue weighted by Crippen LogP contribution is -2.36. The summed E-state index contributed by atoms with van der Waals surface area (Å²) in [5, 5.41) is 4.60. The molecule has 3 atom stereocenters. The Morgan fingerprint density at radius 1 is 1.09 bits per heavy atom. The summed E-state index contributed by atoms with van der Waals surface area (Å²) in [6.07, 6.45) is 1.53. The van der Waals surface area contributed by atoms with Crippen molar-refractivity contribution in [2.24, 2.45) is 0 Å². The van der Waals surface area contributed by atoms with E-state index < -0.39 is 11.9 Å². The summed E-state index contributed by atoms with van der Waals surface area (Å²) in [5.74, 6) is -0.855. The SMILES string of the molecule is CC[C@H](C)OC(=O)C1=C(C)NC2=C(C(=O)C[C@H](c3ccc(Cl)cc3)C2)[C@H]1c1cccc(Cl)c1. The first-order chi connectivity index (χ1) is 15.8. The fourth-order valence-corrected chi connectivity index (χ4v) is 4.95. The molecule has 0 aromatic heterocycles. The molecule has 0 bridgehead atoms. The van der Waals surface area contributed by atoms with Crippen LogP contribution in [0.1, 0.15) is 63.0 Å². The molecule has 2 aromatic carbocycles. The number of allylic oxidation sites excluding steroid dienone is 3. The summed E-state index contributed by atoms with van der Waals surface area (Å²) in [7, 11) is 0. The molecular formula is C27H27Cl2NO3. The van der Waals surface area contributed by atoms with Gasteiger partial charge < -0.3 is 10.1 Å². The predicted molar refractivity (Wildman–Crippen MR) is 131 cm³/mol. The lowest BCUT2D eigenvalue weighted by atomic mass is 9.72. The molecule has 0 spiro atoms. The lowest BCUT2D eigenvalue weighted by Gasteiger charge is -2.37. The number of ketones is 1. The standard InChI is InChI=1S/C27H27Cl2NO3/c1-4-15(2)33-27(32)24-16(3)30-22-13-19(17-8-10-20(28)11-9-17)14-23(31)26(22)25(24)18-6-5-7-21(29)12-18/h5-12,15,19,25,30H,4,13-14H2,1-3H3/t15-,19+,25-/m0/s1. The fraction of sp³-hybridized carbons (Fsp3) is 0.333. The number of esters is 1. The largest absolute Gasteiger partial charge is 0.459 e. The molecule has 6 heteroatoms. The number of ether oxygens (including phenoxy) is 1. The molecule has 0 fully saturated rings. The van der Waals surface area contributed by atoms with Crippen molar-refractivity contribution in [3.05, 3.63) is 92.2 Å². The molecule has 33 heavy (non-hydrogen) atoms. The molecular weight excluding hydrogens is 457 g/mol. The Morgan fingerprint density at radius 3 is 2.48 bits per heavy atom. The van der Waals surface area contributed by atoms with Gasteiger partial charge in [0, 0.05) is 39.4 Å². The van der Waals surface area contributed by atoms with E-state index in [9.17, 15) is 9.59 Å². The van der Waals surface area contributed by atoms with Crippen LogP contribution in [0.3, 0.4) is 0 Å². The summed E-state index contributed by atoms with van der Waals surface area (Å²) in [5.41, 5.74) is 4.54. The second kappa shape index (κ2) is 9.74. The molecule has 1 heterocycles. The number of carbonyl (C=O) groups excluding carboxylic acids is 2. The van der Waals surface area contributed by atoms with Crippen LogP contribution in [-0.4, -0.2) is 17.9 Å². The molecule has 4 nitrogen and oxygen atoms in total. The van der Waals surface area contributed by atoms with Crippen LogP contribution in [0.5, 0.6) is 0 Å². The molecule has 172 valence electrons. The van der Waals surface area contributed by atoms with E-state index in [0.29, 0.717) is 46.2 Å². The van der Waals surface area contributed by atoms with Gasteiger partial charge in [0.2, 0.25) is 0 Å². The van der Waals surface area contributed by atoms with E-state index in [1.54, 1.807) is 6.07 Å². The van der Waals surface area contributed by atoms with Crippen LogP contribution in [0.4, 0.5) is 0 Å². The second-order valence-corrected chi connectivity index (χ2v) is 9.62. The molecule has 0 saturated carbocycles. The van der Waals surface area contributed by atoms with Gasteiger partial charge in [-0.1, -0.05) is 54.4 Å². The number of halogens is 2. The number of dihydropyridines is 1. The monoisotopic (exact) mass is 483 g/mol. The Kier molecular flexibility index (Phi) is 6.96. The van der Waals surface area contributed by atoms with E-state index in [1.165, 1.54) is 0 Å². The number of rotatable bonds is 5. The van der Waals surface area contributed by atoms with Crippen molar-refractivity contribution in [3.8, 4) is 0 Å². The molecule has 0 saturated heterocycles. The predicted octanol–water partition coefficient (Wildman–Crippen LogP) is 6.70. The van der Waals surface area contributed by atoms with E-state index in [4.69, 9.17) is 27.9 Å². The van der Waals surface area contributed by atoms with Crippen LogP contribution in [0, 0.1) is 0 Å². The first kappa shape index (κ1) is 23.6. The summed E-state index contributed by atoms with van der Waals surface area (Å²) >= 11 is 12.4. The zero-order valence-corrected chi connectivity index (χ0v) is 20.5. The maximum absolute atomic E-state index is 13.6. The molecule has 0 amide bonds. The van der Waals surface area contributed by atoms with E-state index in [2.05, 4.69) is 5.32 Å². The second-order valence-electron chi connectivity index (χ2n) is 8.75. The van der Waals surface area contributed by atoms with Crippen LogP contribution in [-0.2, 0) is 14.3 Å². The third-order valence-corrected chi connectivity index (χ3v) is 6.94. The maximum Gasteiger partial charge on any atom is 0.337 e. The molecule has 0 unspecified atom stereocenters. The van der Waals surface area contributed by atoms with Gasteiger partial charge >= 0.3 is 5.97 Å². The Morgan fingerprint density at radius 2 is 1.82 bits per heavy atom. The van der Waals surface area contributed by atoms with E-state index in [-0.39, 0.29) is 17.8 Å². The summed E-state index contributed by atoms with van der Waals surface area (Å²) in [4.78, 5) is 26.8. The van der Waals surface area contributed by atoms with Gasteiger partial charge in [0.25, 0.3) is 0 Å². The van der Waals surface area contributed by atoms with E-state index >= 15 is 0 Å². The van der Waals surface area contributed by atoms with Crippen LogP contribution in [0.25, 0.3) is 0 Å². The fourth-order valence-electron chi connectivity index (χ4n) is 4.63. The molecule has 2 aliphatic rings. The molecule has 1 N–H and O–H groups in total. The van der Waals surface area contributed by atoms with Crippen molar-refractivity contribution in [3.63, 3.8) is 0 Å². The third kappa shape index (κ3) is 4.87. The first-order valence-corrected chi connectivity index (χ1v) is 12.0. The highest BCUT2D eigenvalue weighted by atomic mass is 35.5. The van der Waals surface area contributed by atoms with E-state index in [0.717, 1.165) is 16.8 Å². The van der Waals surface area contributed by atoms with Gasteiger partial charge in [-0.05, 0) is 68.0 Å². The average Bonchev–Trinajstić information content (AvgIpc) is 2.78. The van der Waals surface area contributed by atoms with E-state index in [1.807, 2.05) is 63.2 Å². The van der Waals surface area contributed by atoms with Crippen LogP contribution >= 0.6 is 23.2 Å². The molecule has 2 aromatic rings. The van der Waals surface area contributed by atoms with Gasteiger partial charge in [-0.15, -0.1) is 0 Å². The highest BCUT2D eigenvalue weighted by molar-refractivity contribution is 6.30. The number of Topliss-reactive ketones (excluding diaryl/α,β-unsaturated/α-hetero) is 1. The Balaban J connectivity index is 1.78.